The molecule has 32 heavy (non-hydrogen) atoms. The zero-order valence-corrected chi connectivity index (χ0v) is 18.5. The third-order valence-electron chi connectivity index (χ3n) is 5.80. The van der Waals surface area contributed by atoms with Gasteiger partial charge in [0.2, 0.25) is 0 Å². The molecule has 1 unspecified atom stereocenters. The van der Waals surface area contributed by atoms with Crippen molar-refractivity contribution in [3.05, 3.63) is 71.6 Å². The lowest BCUT2D eigenvalue weighted by Gasteiger charge is -2.26. The number of carbonyl (C=O) groups excluding carboxylic acids is 1. The monoisotopic (exact) mass is 438 g/mol. The highest BCUT2D eigenvalue weighted by Crippen LogP contribution is 2.34. The number of aromatic nitrogens is 2. The first kappa shape index (κ1) is 21.7. The number of nitrogens with one attached hydrogen (secondary N) is 1. The van der Waals surface area contributed by atoms with Crippen LogP contribution in [0.25, 0.3) is 0 Å². The zero-order chi connectivity index (χ0) is 22.7. The highest BCUT2D eigenvalue weighted by Gasteiger charge is 2.33. The number of amides is 2. The molecule has 1 N–H and O–H groups in total. The fourth-order valence-corrected chi connectivity index (χ4v) is 4.10. The average molecular weight is 439 g/mol. The normalized spacial score (nSPS) is 15.6. The molecule has 2 heterocycles. The van der Waals surface area contributed by atoms with Gasteiger partial charge in [0.15, 0.2) is 0 Å². The molecule has 3 aromatic rings. The van der Waals surface area contributed by atoms with Crippen LogP contribution in [0.2, 0.25) is 0 Å². The summed E-state index contributed by atoms with van der Waals surface area (Å²) in [5, 5.41) is 2.96. The summed E-state index contributed by atoms with van der Waals surface area (Å²) in [5.41, 5.74) is 2.52. The van der Waals surface area contributed by atoms with Crippen LogP contribution >= 0.6 is 0 Å². The van der Waals surface area contributed by atoms with Crippen LogP contribution in [0.1, 0.15) is 36.0 Å². The molecule has 1 aliphatic rings. The number of halogens is 1. The molecule has 0 bridgehead atoms. The van der Waals surface area contributed by atoms with Crippen LogP contribution in [0.3, 0.4) is 0 Å². The van der Waals surface area contributed by atoms with Gasteiger partial charge in [-0.2, -0.15) is 0 Å². The van der Waals surface area contributed by atoms with Crippen LogP contribution < -0.4 is 14.8 Å². The van der Waals surface area contributed by atoms with Gasteiger partial charge in [0.25, 0.3) is 0 Å². The van der Waals surface area contributed by atoms with E-state index in [1.54, 1.807) is 44.6 Å². The van der Waals surface area contributed by atoms with Gasteiger partial charge in [-0.3, -0.25) is 0 Å². The molecular formula is C24H27FN4O3. The Labute approximate surface area is 186 Å². The second kappa shape index (κ2) is 9.30. The van der Waals surface area contributed by atoms with Gasteiger partial charge < -0.3 is 24.3 Å². The number of rotatable bonds is 6. The number of imidazole rings is 1. The average Bonchev–Trinajstić information content (AvgIpc) is 3.42. The molecule has 8 heteroatoms. The molecule has 2 aromatic carbocycles. The van der Waals surface area contributed by atoms with Gasteiger partial charge in [0, 0.05) is 31.0 Å². The predicted molar refractivity (Wildman–Crippen MR) is 120 cm³/mol. The number of anilines is 1. The van der Waals surface area contributed by atoms with Crippen LogP contribution in [-0.4, -0.2) is 41.2 Å². The highest BCUT2D eigenvalue weighted by molar-refractivity contribution is 5.91. The minimum atomic E-state index is -0.261. The Morgan fingerprint density at radius 2 is 1.97 bits per heavy atom. The first-order valence-electron chi connectivity index (χ1n) is 10.6. The molecule has 2 amide bonds. The van der Waals surface area contributed by atoms with Gasteiger partial charge in [-0.15, -0.1) is 0 Å². The minimum absolute atomic E-state index is 0.152. The van der Waals surface area contributed by atoms with E-state index in [1.807, 2.05) is 18.0 Å². The maximum Gasteiger partial charge on any atom is 0.322 e. The molecule has 0 radical (unpaired) electrons. The molecule has 0 aliphatic carbocycles. The highest BCUT2D eigenvalue weighted by atomic mass is 19.1. The molecular weight excluding hydrogens is 411 g/mol. The zero-order valence-electron chi connectivity index (χ0n) is 18.5. The lowest BCUT2D eigenvalue weighted by molar-refractivity contribution is 0.203. The summed E-state index contributed by atoms with van der Waals surface area (Å²) < 4.78 is 26.1. The van der Waals surface area contributed by atoms with Crippen molar-refractivity contribution in [2.75, 3.05) is 26.1 Å². The van der Waals surface area contributed by atoms with E-state index in [1.165, 1.54) is 12.1 Å². The summed E-state index contributed by atoms with van der Waals surface area (Å²) in [6.45, 7) is 3.18. The maximum absolute atomic E-state index is 13.3. The standard InChI is InChI=1S/C24H27FN4O3/c1-16-14-26-23(29(16)15-17-6-8-18(25)9-7-17)21-5-4-12-28(21)24(30)27-20-13-19(31-2)10-11-22(20)32-3/h6-11,13-14,21H,4-5,12,15H2,1-3H3,(H,27,30). The SMILES string of the molecule is COc1ccc(OC)c(NC(=O)N2CCCC2c2ncc(C)n2Cc2ccc(F)cc2)c1. The van der Waals surface area contributed by atoms with E-state index in [0.29, 0.717) is 30.3 Å². The summed E-state index contributed by atoms with van der Waals surface area (Å²) in [5.74, 6) is 1.76. The molecule has 1 aliphatic heterocycles. The van der Waals surface area contributed by atoms with Crippen molar-refractivity contribution >= 4 is 11.7 Å². The molecule has 1 fully saturated rings. The molecule has 168 valence electrons. The molecule has 1 aromatic heterocycles. The van der Waals surface area contributed by atoms with Crippen LogP contribution in [-0.2, 0) is 6.54 Å². The summed E-state index contributed by atoms with van der Waals surface area (Å²) in [6, 6.07) is 11.4. The van der Waals surface area contributed by atoms with Crippen molar-refractivity contribution in [1.29, 1.82) is 0 Å². The Kier molecular flexibility index (Phi) is 6.30. The summed E-state index contributed by atoms with van der Waals surface area (Å²) >= 11 is 0. The number of nitrogens with zero attached hydrogens (tertiary/aromatic N) is 3. The van der Waals surface area contributed by atoms with Gasteiger partial charge in [0.1, 0.15) is 23.1 Å². The van der Waals surface area contributed by atoms with E-state index in [-0.39, 0.29) is 17.9 Å². The third kappa shape index (κ3) is 4.39. The van der Waals surface area contributed by atoms with E-state index in [0.717, 1.165) is 29.9 Å². The van der Waals surface area contributed by atoms with E-state index in [9.17, 15) is 9.18 Å². The third-order valence-corrected chi connectivity index (χ3v) is 5.80. The lowest BCUT2D eigenvalue weighted by atomic mass is 10.2. The number of likely N-dealkylation sites (tertiary alicyclic amines) is 1. The van der Waals surface area contributed by atoms with Gasteiger partial charge in [-0.1, -0.05) is 12.1 Å². The van der Waals surface area contributed by atoms with Gasteiger partial charge >= 0.3 is 6.03 Å². The fourth-order valence-electron chi connectivity index (χ4n) is 4.10. The number of carbonyl (C=O) groups is 1. The number of hydrogen-bond donors (Lipinski definition) is 1. The number of hydrogen-bond acceptors (Lipinski definition) is 4. The topological polar surface area (TPSA) is 68.6 Å². The van der Waals surface area contributed by atoms with E-state index >= 15 is 0 Å². The Morgan fingerprint density at radius 1 is 1.19 bits per heavy atom. The quantitative estimate of drug-likeness (QED) is 0.602. The van der Waals surface area contributed by atoms with Crippen LogP contribution in [0.4, 0.5) is 14.9 Å². The maximum atomic E-state index is 13.3. The lowest BCUT2D eigenvalue weighted by Crippen LogP contribution is -2.35. The number of ether oxygens (including phenoxy) is 2. The van der Waals surface area contributed by atoms with E-state index in [2.05, 4.69) is 14.9 Å². The van der Waals surface area contributed by atoms with Crippen molar-refractivity contribution in [3.63, 3.8) is 0 Å². The first-order chi connectivity index (χ1) is 15.5. The number of methoxy groups -OCH3 is 2. The molecule has 7 nitrogen and oxygen atoms in total. The number of urea groups is 1. The number of aryl methyl sites for hydroxylation is 1. The Balaban J connectivity index is 1.57. The fraction of sp³-hybridized carbons (Fsp3) is 0.333. The van der Waals surface area contributed by atoms with E-state index in [4.69, 9.17) is 9.47 Å². The van der Waals surface area contributed by atoms with Gasteiger partial charge in [-0.05, 0) is 49.6 Å². The largest absolute Gasteiger partial charge is 0.497 e. The first-order valence-corrected chi connectivity index (χ1v) is 10.6. The summed E-state index contributed by atoms with van der Waals surface area (Å²) in [4.78, 5) is 19.7. The van der Waals surface area contributed by atoms with Crippen molar-refractivity contribution in [2.24, 2.45) is 0 Å². The molecule has 1 saturated heterocycles. The Morgan fingerprint density at radius 3 is 2.69 bits per heavy atom. The van der Waals surface area contributed by atoms with Crippen LogP contribution in [0.5, 0.6) is 11.5 Å². The minimum Gasteiger partial charge on any atom is -0.497 e. The second-order valence-electron chi connectivity index (χ2n) is 7.82. The smallest absolute Gasteiger partial charge is 0.322 e. The molecule has 0 saturated carbocycles. The van der Waals surface area contributed by atoms with Crippen LogP contribution in [0.15, 0.2) is 48.7 Å². The molecule has 0 spiro atoms. The van der Waals surface area contributed by atoms with Crippen molar-refractivity contribution in [1.82, 2.24) is 14.5 Å². The number of benzene rings is 2. The van der Waals surface area contributed by atoms with Crippen molar-refractivity contribution in [3.8, 4) is 11.5 Å². The predicted octanol–water partition coefficient (Wildman–Crippen LogP) is 4.77. The van der Waals surface area contributed by atoms with E-state index < -0.39 is 0 Å². The van der Waals surface area contributed by atoms with Crippen LogP contribution in [0, 0.1) is 12.7 Å². The summed E-state index contributed by atoms with van der Waals surface area (Å²) in [7, 11) is 3.14. The van der Waals surface area contributed by atoms with Crippen molar-refractivity contribution < 1.29 is 18.7 Å². The Hall–Kier alpha value is -3.55. The summed E-state index contributed by atoms with van der Waals surface area (Å²) in [6.07, 6.45) is 3.52. The molecule has 4 rings (SSSR count). The van der Waals surface area contributed by atoms with Crippen molar-refractivity contribution in [2.45, 2.75) is 32.4 Å². The Bertz CT molecular complexity index is 1100. The second-order valence-corrected chi connectivity index (χ2v) is 7.82. The van der Waals surface area contributed by atoms with Gasteiger partial charge in [0.05, 0.1) is 25.9 Å². The molecule has 1 atom stereocenters. The van der Waals surface area contributed by atoms with Gasteiger partial charge in [-0.25, -0.2) is 14.2 Å².